The number of nitrogens with zero attached hydrogens (tertiary/aromatic N) is 2. The molecule has 1 aromatic heterocycles. The van der Waals surface area contributed by atoms with Crippen molar-refractivity contribution in [3.63, 3.8) is 0 Å². The molecule has 0 amide bonds. The molecule has 0 atom stereocenters. The van der Waals surface area contributed by atoms with Gasteiger partial charge in [0.05, 0.1) is 5.69 Å². The highest BCUT2D eigenvalue weighted by Gasteiger charge is 2.34. The summed E-state index contributed by atoms with van der Waals surface area (Å²) in [5.41, 5.74) is -1.71. The average molecular weight is 320 g/mol. The summed E-state index contributed by atoms with van der Waals surface area (Å²) in [5.74, 6) is -0.680. The highest BCUT2D eigenvalue weighted by atomic mass is 32.2. The van der Waals surface area contributed by atoms with Crippen LogP contribution in [-0.2, 0) is 16.0 Å². The van der Waals surface area contributed by atoms with Crippen LogP contribution in [0.5, 0.6) is 0 Å². The van der Waals surface area contributed by atoms with Gasteiger partial charge in [0.2, 0.25) is 15.0 Å². The lowest BCUT2D eigenvalue weighted by atomic mass is 10.1. The number of hydrogen-bond donors (Lipinski definition) is 0. The summed E-state index contributed by atoms with van der Waals surface area (Å²) in [4.78, 5) is 6.57. The maximum Gasteiger partial charge on any atom is 0.433 e. The molecule has 2 rings (SSSR count). The molecule has 9 heteroatoms. The Bertz CT molecular complexity index is 788. The Balaban J connectivity index is 2.72. The Kier molecular flexibility index (Phi) is 3.70. The average Bonchev–Trinajstić information content (AvgIpc) is 2.36. The molecule has 0 unspecified atom stereocenters. The number of aromatic nitrogens is 2. The standard InChI is InChI=1S/C12H8F4N2O2S/c1-21(19,20)11-17-9(6-10(18-11)12(14,15)16)7-3-2-4-8(13)5-7/h2-6H,1H3. The highest BCUT2D eigenvalue weighted by molar-refractivity contribution is 7.90. The smallest absolute Gasteiger partial charge is 0.221 e. The fraction of sp³-hybridized carbons (Fsp3) is 0.167. The van der Waals surface area contributed by atoms with Gasteiger partial charge in [-0.3, -0.25) is 0 Å². The third kappa shape index (κ3) is 3.54. The van der Waals surface area contributed by atoms with Gasteiger partial charge >= 0.3 is 6.18 Å². The molecule has 0 spiro atoms. The zero-order chi connectivity index (χ0) is 15.8. The van der Waals surface area contributed by atoms with Crippen LogP contribution in [0.15, 0.2) is 35.5 Å². The van der Waals surface area contributed by atoms with Crippen LogP contribution in [0.3, 0.4) is 0 Å². The van der Waals surface area contributed by atoms with Gasteiger partial charge in [0.1, 0.15) is 11.5 Å². The molecular weight excluding hydrogens is 312 g/mol. The number of rotatable bonds is 2. The molecule has 0 aliphatic rings. The Morgan fingerprint density at radius 3 is 2.29 bits per heavy atom. The first-order valence-corrected chi connectivity index (χ1v) is 7.39. The van der Waals surface area contributed by atoms with E-state index in [0.717, 1.165) is 12.1 Å². The lowest BCUT2D eigenvalue weighted by Crippen LogP contribution is -2.14. The first-order chi connectivity index (χ1) is 9.57. The summed E-state index contributed by atoms with van der Waals surface area (Å²) >= 11 is 0. The van der Waals surface area contributed by atoms with Crippen LogP contribution in [0.25, 0.3) is 11.3 Å². The van der Waals surface area contributed by atoms with Crippen molar-refractivity contribution in [1.29, 1.82) is 0 Å². The van der Waals surface area contributed by atoms with E-state index >= 15 is 0 Å². The van der Waals surface area contributed by atoms with Crippen molar-refractivity contribution in [2.45, 2.75) is 11.3 Å². The number of sulfone groups is 1. The van der Waals surface area contributed by atoms with Gasteiger partial charge in [0.25, 0.3) is 0 Å². The Morgan fingerprint density at radius 2 is 1.76 bits per heavy atom. The van der Waals surface area contributed by atoms with E-state index in [-0.39, 0.29) is 11.3 Å². The molecule has 0 bridgehead atoms. The van der Waals surface area contributed by atoms with Crippen LogP contribution >= 0.6 is 0 Å². The molecule has 112 valence electrons. The predicted octanol–water partition coefficient (Wildman–Crippen LogP) is 2.71. The molecule has 0 aliphatic carbocycles. The molecule has 4 nitrogen and oxygen atoms in total. The lowest BCUT2D eigenvalue weighted by molar-refractivity contribution is -0.141. The van der Waals surface area contributed by atoms with E-state index in [2.05, 4.69) is 9.97 Å². The van der Waals surface area contributed by atoms with Crippen LogP contribution < -0.4 is 0 Å². The zero-order valence-corrected chi connectivity index (χ0v) is 11.3. The summed E-state index contributed by atoms with van der Waals surface area (Å²) in [6.45, 7) is 0. The van der Waals surface area contributed by atoms with Crippen molar-refractivity contribution in [2.24, 2.45) is 0 Å². The zero-order valence-electron chi connectivity index (χ0n) is 10.5. The second-order valence-corrected chi connectivity index (χ2v) is 6.11. The van der Waals surface area contributed by atoms with Crippen molar-refractivity contribution in [1.82, 2.24) is 9.97 Å². The topological polar surface area (TPSA) is 59.9 Å². The molecule has 21 heavy (non-hydrogen) atoms. The Morgan fingerprint density at radius 1 is 1.10 bits per heavy atom. The summed E-state index contributed by atoms with van der Waals surface area (Å²) < 4.78 is 74.2. The van der Waals surface area contributed by atoms with E-state index in [1.54, 1.807) is 0 Å². The predicted molar refractivity (Wildman–Crippen MR) is 65.5 cm³/mol. The number of benzene rings is 1. The van der Waals surface area contributed by atoms with E-state index in [0.29, 0.717) is 12.3 Å². The molecule has 2 aromatic rings. The molecule has 1 heterocycles. The summed E-state index contributed by atoms with van der Waals surface area (Å²) in [7, 11) is -4.04. The lowest BCUT2D eigenvalue weighted by Gasteiger charge is -2.09. The fourth-order valence-electron chi connectivity index (χ4n) is 1.53. The van der Waals surface area contributed by atoms with Crippen molar-refractivity contribution < 1.29 is 26.0 Å². The van der Waals surface area contributed by atoms with Gasteiger partial charge in [0, 0.05) is 11.8 Å². The van der Waals surface area contributed by atoms with Crippen LogP contribution in [0.2, 0.25) is 0 Å². The molecule has 0 radical (unpaired) electrons. The highest BCUT2D eigenvalue weighted by Crippen LogP contribution is 2.31. The summed E-state index contributed by atoms with van der Waals surface area (Å²) in [6.07, 6.45) is -4.15. The minimum Gasteiger partial charge on any atom is -0.221 e. The minimum absolute atomic E-state index is 0.0211. The summed E-state index contributed by atoms with van der Waals surface area (Å²) in [6, 6.07) is 5.22. The van der Waals surface area contributed by atoms with E-state index in [1.807, 2.05) is 0 Å². The molecule has 0 saturated heterocycles. The first kappa shape index (κ1) is 15.4. The monoisotopic (exact) mass is 320 g/mol. The number of halogens is 4. The van der Waals surface area contributed by atoms with Crippen LogP contribution in [0.4, 0.5) is 17.6 Å². The number of alkyl halides is 3. The third-order valence-electron chi connectivity index (χ3n) is 2.45. The quantitative estimate of drug-likeness (QED) is 0.630. The molecule has 0 saturated carbocycles. The van der Waals surface area contributed by atoms with E-state index in [4.69, 9.17) is 0 Å². The van der Waals surface area contributed by atoms with Gasteiger partial charge in [-0.25, -0.2) is 22.8 Å². The van der Waals surface area contributed by atoms with Crippen LogP contribution in [0.1, 0.15) is 5.69 Å². The van der Waals surface area contributed by atoms with Gasteiger partial charge in [-0.2, -0.15) is 13.2 Å². The first-order valence-electron chi connectivity index (χ1n) is 5.49. The fourth-order valence-corrected chi connectivity index (χ4v) is 2.06. The van der Waals surface area contributed by atoms with E-state index < -0.39 is 32.7 Å². The second-order valence-electron chi connectivity index (χ2n) is 4.20. The number of hydrogen-bond acceptors (Lipinski definition) is 4. The minimum atomic E-state index is -4.84. The van der Waals surface area contributed by atoms with Gasteiger partial charge in [0.15, 0.2) is 0 Å². The van der Waals surface area contributed by atoms with Gasteiger partial charge in [-0.15, -0.1) is 0 Å². The maximum absolute atomic E-state index is 13.1. The van der Waals surface area contributed by atoms with Gasteiger partial charge in [-0.1, -0.05) is 12.1 Å². The van der Waals surface area contributed by atoms with Crippen molar-refractivity contribution >= 4 is 9.84 Å². The van der Waals surface area contributed by atoms with Crippen molar-refractivity contribution in [3.8, 4) is 11.3 Å². The second kappa shape index (κ2) is 5.06. The molecule has 0 aliphatic heterocycles. The van der Waals surface area contributed by atoms with Crippen molar-refractivity contribution in [2.75, 3.05) is 6.26 Å². The normalized spacial score (nSPS) is 12.4. The summed E-state index contributed by atoms with van der Waals surface area (Å²) in [5, 5.41) is -0.961. The van der Waals surface area contributed by atoms with Crippen molar-refractivity contribution in [3.05, 3.63) is 41.8 Å². The Labute approximate surface area is 117 Å². The van der Waals surface area contributed by atoms with E-state index in [9.17, 15) is 26.0 Å². The molecule has 1 aromatic carbocycles. The SMILES string of the molecule is CS(=O)(=O)c1nc(-c2cccc(F)c2)cc(C(F)(F)F)n1. The maximum atomic E-state index is 13.1. The van der Waals surface area contributed by atoms with Gasteiger partial charge < -0.3 is 0 Å². The van der Waals surface area contributed by atoms with Crippen LogP contribution in [-0.4, -0.2) is 24.6 Å². The van der Waals surface area contributed by atoms with Crippen LogP contribution in [0, 0.1) is 5.82 Å². The van der Waals surface area contributed by atoms with Gasteiger partial charge in [-0.05, 0) is 18.2 Å². The molecular formula is C12H8F4N2O2S. The molecule has 0 fully saturated rings. The van der Waals surface area contributed by atoms with E-state index in [1.165, 1.54) is 12.1 Å². The largest absolute Gasteiger partial charge is 0.433 e. The molecule has 0 N–H and O–H groups in total. The Hall–Kier alpha value is -2.03. The third-order valence-corrected chi connectivity index (χ3v) is 3.29.